The Hall–Kier alpha value is -3.57. The molecule has 1 heterocycles. The van der Waals surface area contributed by atoms with Gasteiger partial charge in [-0.3, -0.25) is 4.79 Å². The summed E-state index contributed by atoms with van der Waals surface area (Å²) in [5, 5.41) is 10.2. The van der Waals surface area contributed by atoms with Gasteiger partial charge in [-0.25, -0.2) is 0 Å². The largest absolute Gasteiger partial charge is 0.489 e. The van der Waals surface area contributed by atoms with E-state index >= 15 is 0 Å². The first-order chi connectivity index (χ1) is 15.9. The lowest BCUT2D eigenvalue weighted by molar-refractivity contribution is -0.136. The van der Waals surface area contributed by atoms with E-state index in [9.17, 15) is 9.90 Å². The molecule has 0 atom stereocenters. The third-order valence-electron chi connectivity index (χ3n) is 5.52. The van der Waals surface area contributed by atoms with Crippen molar-refractivity contribution in [3.8, 4) is 16.9 Å². The summed E-state index contributed by atoms with van der Waals surface area (Å²) in [6.07, 6.45) is 0.790. The normalized spacial score (nSPS) is 11.3. The number of nitrogens with two attached hydrogens (primary N) is 1. The Morgan fingerprint density at radius 1 is 1.03 bits per heavy atom. The molecule has 0 spiro atoms. The fraction of sp³-hybridized carbons (Fsp3) is 0.250. The van der Waals surface area contributed by atoms with Gasteiger partial charge < -0.3 is 20.0 Å². The fourth-order valence-corrected chi connectivity index (χ4v) is 4.05. The van der Waals surface area contributed by atoms with Gasteiger partial charge in [0.05, 0.1) is 6.42 Å². The van der Waals surface area contributed by atoms with Crippen LogP contribution < -0.4 is 10.5 Å². The van der Waals surface area contributed by atoms with Gasteiger partial charge in [-0.2, -0.15) is 0 Å². The fourth-order valence-electron chi connectivity index (χ4n) is 4.05. The van der Waals surface area contributed by atoms with Gasteiger partial charge >= 0.3 is 5.97 Å². The van der Waals surface area contributed by atoms with Crippen LogP contribution >= 0.6 is 0 Å². The average Bonchev–Trinajstić information content (AvgIpc) is 3.19. The standard InChI is InChI=1S/C28H29NO4/c1-18(2)10-24-14-23-12-20(17-32-26-9-4-3-7-22(26)15-27(30)31)13-25(28(23)33-24)21-8-5-6-19(11-21)16-29/h3-9,11-14,18H,10,15-17,29H2,1-2H3,(H,30,31). The number of hydrogen-bond acceptors (Lipinski definition) is 4. The van der Waals surface area contributed by atoms with E-state index in [1.807, 2.05) is 24.3 Å². The van der Waals surface area contributed by atoms with E-state index in [1.165, 1.54) is 0 Å². The Morgan fingerprint density at radius 3 is 2.61 bits per heavy atom. The zero-order chi connectivity index (χ0) is 23.4. The summed E-state index contributed by atoms with van der Waals surface area (Å²) in [5.41, 5.74) is 11.5. The number of ether oxygens (including phenoxy) is 1. The summed E-state index contributed by atoms with van der Waals surface area (Å²) in [7, 11) is 0. The van der Waals surface area contributed by atoms with Gasteiger partial charge in [0.2, 0.25) is 0 Å². The molecule has 0 amide bonds. The summed E-state index contributed by atoms with van der Waals surface area (Å²) in [4.78, 5) is 11.2. The van der Waals surface area contributed by atoms with Crippen LogP contribution in [0.15, 0.2) is 71.1 Å². The molecule has 0 unspecified atom stereocenters. The number of carboxylic acid groups (broad SMARTS) is 1. The second kappa shape index (κ2) is 9.92. The zero-order valence-electron chi connectivity index (χ0n) is 19.0. The first kappa shape index (κ1) is 22.6. The van der Waals surface area contributed by atoms with E-state index in [2.05, 4.69) is 44.2 Å². The molecule has 0 bridgehead atoms. The molecule has 0 fully saturated rings. The predicted molar refractivity (Wildman–Crippen MR) is 130 cm³/mol. The Labute approximate surface area is 193 Å². The third-order valence-corrected chi connectivity index (χ3v) is 5.52. The molecule has 4 aromatic rings. The SMILES string of the molecule is CC(C)Cc1cc2cc(COc3ccccc3CC(=O)O)cc(-c3cccc(CN)c3)c2o1. The highest BCUT2D eigenvalue weighted by Gasteiger charge is 2.15. The van der Waals surface area contributed by atoms with Crippen LogP contribution in [0.1, 0.15) is 36.3 Å². The molecule has 1 aromatic heterocycles. The van der Waals surface area contributed by atoms with Crippen molar-refractivity contribution in [2.45, 2.75) is 39.8 Å². The molecule has 3 N–H and O–H groups in total. The molecular weight excluding hydrogens is 414 g/mol. The molecule has 0 saturated heterocycles. The highest BCUT2D eigenvalue weighted by atomic mass is 16.5. The van der Waals surface area contributed by atoms with E-state index in [0.29, 0.717) is 30.4 Å². The van der Waals surface area contributed by atoms with E-state index in [0.717, 1.165) is 45.4 Å². The van der Waals surface area contributed by atoms with Crippen LogP contribution in [0.3, 0.4) is 0 Å². The Kier molecular flexibility index (Phi) is 6.80. The second-order valence-electron chi connectivity index (χ2n) is 8.74. The average molecular weight is 444 g/mol. The highest BCUT2D eigenvalue weighted by molar-refractivity contribution is 5.93. The van der Waals surface area contributed by atoms with Crippen LogP contribution in [0.4, 0.5) is 0 Å². The van der Waals surface area contributed by atoms with Gasteiger partial charge in [0, 0.05) is 29.5 Å². The maximum Gasteiger partial charge on any atom is 0.307 e. The maximum absolute atomic E-state index is 11.2. The maximum atomic E-state index is 11.2. The van der Waals surface area contributed by atoms with Crippen LogP contribution in [0.5, 0.6) is 5.75 Å². The van der Waals surface area contributed by atoms with E-state index < -0.39 is 5.97 Å². The molecule has 0 radical (unpaired) electrons. The number of carboxylic acids is 1. The Balaban J connectivity index is 1.72. The van der Waals surface area contributed by atoms with Crippen LogP contribution in [-0.4, -0.2) is 11.1 Å². The minimum Gasteiger partial charge on any atom is -0.489 e. The summed E-state index contributed by atoms with van der Waals surface area (Å²) in [6.45, 7) is 5.14. The van der Waals surface area contributed by atoms with Gasteiger partial charge in [-0.05, 0) is 52.9 Å². The van der Waals surface area contributed by atoms with Crippen molar-refractivity contribution in [3.05, 3.63) is 89.2 Å². The number of fused-ring (bicyclic) bond motifs is 1. The van der Waals surface area contributed by atoms with Crippen LogP contribution in [0.25, 0.3) is 22.1 Å². The molecule has 0 aliphatic heterocycles. The van der Waals surface area contributed by atoms with E-state index in [1.54, 1.807) is 12.1 Å². The number of hydrogen-bond donors (Lipinski definition) is 2. The van der Waals surface area contributed by atoms with Gasteiger partial charge in [0.25, 0.3) is 0 Å². The van der Waals surface area contributed by atoms with Crippen molar-refractivity contribution in [1.82, 2.24) is 0 Å². The lowest BCUT2D eigenvalue weighted by Crippen LogP contribution is -2.04. The molecule has 0 saturated carbocycles. The first-order valence-corrected chi connectivity index (χ1v) is 11.2. The van der Waals surface area contributed by atoms with Gasteiger partial charge in [0.15, 0.2) is 0 Å². The molecule has 3 aromatic carbocycles. The Bertz CT molecular complexity index is 1270. The number of aliphatic carboxylic acids is 1. The van der Waals surface area contributed by atoms with Crippen LogP contribution in [0, 0.1) is 5.92 Å². The molecule has 5 heteroatoms. The lowest BCUT2D eigenvalue weighted by Gasteiger charge is -2.12. The first-order valence-electron chi connectivity index (χ1n) is 11.2. The lowest BCUT2D eigenvalue weighted by atomic mass is 9.98. The Morgan fingerprint density at radius 2 is 1.85 bits per heavy atom. The minimum absolute atomic E-state index is 0.0768. The molecule has 5 nitrogen and oxygen atoms in total. The van der Waals surface area contributed by atoms with Crippen molar-refractivity contribution in [2.75, 3.05) is 0 Å². The number of furan rings is 1. The van der Waals surface area contributed by atoms with Gasteiger partial charge in [-0.1, -0.05) is 50.2 Å². The topological polar surface area (TPSA) is 85.7 Å². The molecule has 170 valence electrons. The predicted octanol–water partition coefficient (Wildman–Crippen LogP) is 5.96. The molecule has 0 aliphatic carbocycles. The molecule has 33 heavy (non-hydrogen) atoms. The van der Waals surface area contributed by atoms with E-state index in [4.69, 9.17) is 14.9 Å². The monoisotopic (exact) mass is 443 g/mol. The summed E-state index contributed by atoms with van der Waals surface area (Å²) in [5.74, 6) is 1.15. The number of carbonyl (C=O) groups is 1. The number of rotatable bonds is 9. The number of benzene rings is 3. The molecule has 0 aliphatic rings. The minimum atomic E-state index is -0.884. The molecule has 4 rings (SSSR count). The van der Waals surface area contributed by atoms with E-state index in [-0.39, 0.29) is 6.42 Å². The van der Waals surface area contributed by atoms with Crippen LogP contribution in [0.2, 0.25) is 0 Å². The van der Waals surface area contributed by atoms with Crippen molar-refractivity contribution in [1.29, 1.82) is 0 Å². The number of para-hydroxylation sites is 1. The highest BCUT2D eigenvalue weighted by Crippen LogP contribution is 2.34. The zero-order valence-corrected chi connectivity index (χ0v) is 19.0. The van der Waals surface area contributed by atoms with Crippen LogP contribution in [-0.2, 0) is 30.8 Å². The third kappa shape index (κ3) is 5.44. The summed E-state index contributed by atoms with van der Waals surface area (Å²) in [6, 6.07) is 21.7. The van der Waals surface area contributed by atoms with Crippen molar-refractivity contribution in [2.24, 2.45) is 11.7 Å². The summed E-state index contributed by atoms with van der Waals surface area (Å²) < 4.78 is 12.3. The smallest absolute Gasteiger partial charge is 0.307 e. The second-order valence-corrected chi connectivity index (χ2v) is 8.74. The van der Waals surface area contributed by atoms with Gasteiger partial charge in [-0.15, -0.1) is 0 Å². The van der Waals surface area contributed by atoms with Crippen molar-refractivity contribution in [3.63, 3.8) is 0 Å². The quantitative estimate of drug-likeness (QED) is 0.333. The molecular formula is C28H29NO4. The van der Waals surface area contributed by atoms with Gasteiger partial charge in [0.1, 0.15) is 23.7 Å². The van der Waals surface area contributed by atoms with Crippen molar-refractivity contribution < 1.29 is 19.1 Å². The van der Waals surface area contributed by atoms with Crippen molar-refractivity contribution >= 4 is 16.9 Å². The summed E-state index contributed by atoms with van der Waals surface area (Å²) >= 11 is 0.